The number of nitrogens with zero attached hydrogens (tertiary/aromatic N) is 1. The minimum atomic E-state index is -2.94. The van der Waals surface area contributed by atoms with E-state index < -0.39 is 12.5 Å². The second-order valence-corrected chi connectivity index (χ2v) is 6.34. The van der Waals surface area contributed by atoms with Crippen LogP contribution in [0, 0.1) is 0 Å². The van der Waals surface area contributed by atoms with Crippen molar-refractivity contribution in [1.29, 1.82) is 0 Å². The van der Waals surface area contributed by atoms with Gasteiger partial charge in [-0.05, 0) is 24.3 Å². The van der Waals surface area contributed by atoms with Gasteiger partial charge in [0.15, 0.2) is 5.13 Å². The fourth-order valence-electron chi connectivity index (χ4n) is 2.45. The van der Waals surface area contributed by atoms with E-state index in [0.717, 1.165) is 5.56 Å². The number of rotatable bonds is 7. The molecule has 3 rings (SSSR count). The molecule has 5 nitrogen and oxygen atoms in total. The fourth-order valence-corrected chi connectivity index (χ4v) is 3.16. The van der Waals surface area contributed by atoms with Gasteiger partial charge in [-0.25, -0.2) is 4.98 Å². The molecule has 1 aromatic heterocycles. The van der Waals surface area contributed by atoms with Crippen molar-refractivity contribution in [2.45, 2.75) is 6.61 Å². The number of hydrogen-bond acceptors (Lipinski definition) is 5. The molecule has 0 saturated heterocycles. The molecule has 3 aromatic rings. The monoisotopic (exact) mass is 402 g/mol. The summed E-state index contributed by atoms with van der Waals surface area (Å²) in [6.45, 7) is -2.94. The zero-order valence-corrected chi connectivity index (χ0v) is 15.6. The van der Waals surface area contributed by atoms with Gasteiger partial charge in [0.2, 0.25) is 5.91 Å². The van der Waals surface area contributed by atoms with Crippen LogP contribution < -0.4 is 14.8 Å². The van der Waals surface area contributed by atoms with Crippen LogP contribution >= 0.6 is 11.3 Å². The van der Waals surface area contributed by atoms with E-state index in [2.05, 4.69) is 15.0 Å². The van der Waals surface area contributed by atoms with E-state index in [1.54, 1.807) is 25.3 Å². The lowest BCUT2D eigenvalue weighted by Crippen LogP contribution is -2.07. The van der Waals surface area contributed by atoms with Crippen LogP contribution in [0.25, 0.3) is 17.3 Å². The Morgan fingerprint density at radius 1 is 1.14 bits per heavy atom. The quantitative estimate of drug-likeness (QED) is 0.561. The van der Waals surface area contributed by atoms with Crippen LogP contribution in [0.2, 0.25) is 0 Å². The molecule has 0 unspecified atom stereocenters. The molecule has 0 atom stereocenters. The summed E-state index contributed by atoms with van der Waals surface area (Å²) < 4.78 is 34.6. The maximum atomic E-state index is 12.4. The standard InChI is InChI=1S/C20H16F2N2O3S/c1-26-17-9-5-3-7-14(17)15-12-28-20(23-15)24-18(25)11-10-13-6-2-4-8-16(13)27-19(21)22/h2-12,19H,1H3,(H,23,24,25)/b11-10+. The van der Waals surface area contributed by atoms with Crippen LogP contribution in [0.15, 0.2) is 60.0 Å². The smallest absolute Gasteiger partial charge is 0.387 e. The van der Waals surface area contributed by atoms with Gasteiger partial charge in [-0.3, -0.25) is 10.1 Å². The SMILES string of the molecule is COc1ccccc1-c1csc(NC(=O)/C=C/c2ccccc2OC(F)F)n1. The number of amides is 1. The summed E-state index contributed by atoms with van der Waals surface area (Å²) in [5, 5.41) is 4.87. The number of para-hydroxylation sites is 2. The summed E-state index contributed by atoms with van der Waals surface area (Å²) >= 11 is 1.27. The van der Waals surface area contributed by atoms with Crippen LogP contribution in [0.3, 0.4) is 0 Å². The number of benzene rings is 2. The molecule has 0 aliphatic heterocycles. The normalized spacial score (nSPS) is 11.0. The van der Waals surface area contributed by atoms with Crippen LogP contribution in [-0.2, 0) is 4.79 Å². The molecule has 2 aromatic carbocycles. The van der Waals surface area contributed by atoms with Gasteiger partial charge in [0.1, 0.15) is 11.5 Å². The van der Waals surface area contributed by atoms with Crippen molar-refractivity contribution in [3.63, 3.8) is 0 Å². The first-order valence-corrected chi connectivity index (χ1v) is 9.06. The van der Waals surface area contributed by atoms with Gasteiger partial charge >= 0.3 is 6.61 Å². The van der Waals surface area contributed by atoms with Gasteiger partial charge in [0, 0.05) is 22.6 Å². The summed E-state index contributed by atoms with van der Waals surface area (Å²) in [6, 6.07) is 13.7. The van der Waals surface area contributed by atoms with E-state index in [0.29, 0.717) is 22.1 Å². The Morgan fingerprint density at radius 3 is 2.61 bits per heavy atom. The second kappa shape index (κ2) is 9.09. The van der Waals surface area contributed by atoms with Gasteiger partial charge in [-0.1, -0.05) is 30.3 Å². The third-order valence-corrected chi connectivity index (χ3v) is 4.42. The summed E-state index contributed by atoms with van der Waals surface area (Å²) in [4.78, 5) is 16.5. The fraction of sp³-hybridized carbons (Fsp3) is 0.100. The van der Waals surface area contributed by atoms with Crippen LogP contribution in [-0.4, -0.2) is 24.6 Å². The Labute approximate surface area is 164 Å². The molecule has 1 amide bonds. The third-order valence-electron chi connectivity index (χ3n) is 3.67. The van der Waals surface area contributed by atoms with Crippen molar-refractivity contribution in [2.75, 3.05) is 12.4 Å². The van der Waals surface area contributed by atoms with Crippen molar-refractivity contribution >= 4 is 28.5 Å². The van der Waals surface area contributed by atoms with Gasteiger partial charge in [0.05, 0.1) is 12.8 Å². The molecule has 0 aliphatic rings. The van der Waals surface area contributed by atoms with Crippen LogP contribution in [0.1, 0.15) is 5.56 Å². The molecule has 8 heteroatoms. The maximum absolute atomic E-state index is 12.4. The van der Waals surface area contributed by atoms with Crippen molar-refractivity contribution in [2.24, 2.45) is 0 Å². The van der Waals surface area contributed by atoms with Crippen molar-refractivity contribution in [3.8, 4) is 22.8 Å². The molecule has 0 saturated carbocycles. The molecule has 0 spiro atoms. The van der Waals surface area contributed by atoms with E-state index >= 15 is 0 Å². The van der Waals surface area contributed by atoms with E-state index in [9.17, 15) is 13.6 Å². The number of hydrogen-bond donors (Lipinski definition) is 1. The molecule has 0 radical (unpaired) electrons. The number of anilines is 1. The van der Waals surface area contributed by atoms with E-state index in [-0.39, 0.29) is 5.75 Å². The number of aromatic nitrogens is 1. The van der Waals surface area contributed by atoms with Gasteiger partial charge in [0.25, 0.3) is 0 Å². The predicted molar refractivity (Wildman–Crippen MR) is 105 cm³/mol. The highest BCUT2D eigenvalue weighted by atomic mass is 32.1. The lowest BCUT2D eigenvalue weighted by molar-refractivity contribution is -0.111. The number of halogens is 2. The minimum absolute atomic E-state index is 0.00532. The van der Waals surface area contributed by atoms with Gasteiger partial charge < -0.3 is 9.47 Å². The Kier molecular flexibility index (Phi) is 6.33. The molecular formula is C20H16F2N2O3S. The highest BCUT2D eigenvalue weighted by molar-refractivity contribution is 7.14. The molecule has 1 N–H and O–H groups in total. The van der Waals surface area contributed by atoms with E-state index in [1.165, 1.54) is 29.6 Å². The number of alkyl halides is 2. The molecule has 0 aliphatic carbocycles. The first-order chi connectivity index (χ1) is 13.6. The number of carbonyl (C=O) groups excluding carboxylic acids is 1. The number of ether oxygens (including phenoxy) is 2. The Balaban J connectivity index is 1.70. The largest absolute Gasteiger partial charge is 0.496 e. The van der Waals surface area contributed by atoms with Crippen LogP contribution in [0.4, 0.5) is 13.9 Å². The predicted octanol–water partition coefficient (Wildman–Crippen LogP) is 5.07. The highest BCUT2D eigenvalue weighted by Crippen LogP contribution is 2.31. The minimum Gasteiger partial charge on any atom is -0.496 e. The Hall–Kier alpha value is -3.26. The molecule has 0 fully saturated rings. The summed E-state index contributed by atoms with van der Waals surface area (Å²) in [5.74, 6) is 0.239. The van der Waals surface area contributed by atoms with E-state index in [1.807, 2.05) is 29.6 Å². The number of carbonyl (C=O) groups is 1. The lowest BCUT2D eigenvalue weighted by atomic mass is 10.1. The zero-order chi connectivity index (χ0) is 19.9. The molecule has 28 heavy (non-hydrogen) atoms. The highest BCUT2D eigenvalue weighted by Gasteiger charge is 2.11. The third kappa shape index (κ3) is 4.92. The number of thiazole rings is 1. The average molecular weight is 402 g/mol. The average Bonchev–Trinajstić information content (AvgIpc) is 3.15. The van der Waals surface area contributed by atoms with Crippen molar-refractivity contribution < 1.29 is 23.0 Å². The molecule has 144 valence electrons. The molecule has 1 heterocycles. The zero-order valence-electron chi connectivity index (χ0n) is 14.8. The summed E-state index contributed by atoms with van der Waals surface area (Å²) in [5.41, 5.74) is 1.86. The summed E-state index contributed by atoms with van der Waals surface area (Å²) in [6.07, 6.45) is 2.64. The van der Waals surface area contributed by atoms with E-state index in [4.69, 9.17) is 4.74 Å². The molecular weight excluding hydrogens is 386 g/mol. The van der Waals surface area contributed by atoms with Gasteiger partial charge in [-0.2, -0.15) is 8.78 Å². The van der Waals surface area contributed by atoms with Crippen molar-refractivity contribution in [3.05, 3.63) is 65.6 Å². The Morgan fingerprint density at radius 2 is 1.86 bits per heavy atom. The summed E-state index contributed by atoms with van der Waals surface area (Å²) in [7, 11) is 1.58. The topological polar surface area (TPSA) is 60.5 Å². The lowest BCUT2D eigenvalue weighted by Gasteiger charge is -2.07. The number of nitrogens with one attached hydrogen (secondary N) is 1. The molecule has 0 bridgehead atoms. The van der Waals surface area contributed by atoms with Crippen molar-refractivity contribution in [1.82, 2.24) is 4.98 Å². The number of methoxy groups -OCH3 is 1. The second-order valence-electron chi connectivity index (χ2n) is 5.48. The van der Waals surface area contributed by atoms with Gasteiger partial charge in [-0.15, -0.1) is 11.3 Å². The van der Waals surface area contributed by atoms with Crippen LogP contribution in [0.5, 0.6) is 11.5 Å². The maximum Gasteiger partial charge on any atom is 0.387 e. The Bertz CT molecular complexity index is 989. The first kappa shape index (κ1) is 19.5. The first-order valence-electron chi connectivity index (χ1n) is 8.18.